The molecule has 130 valence electrons. The van der Waals surface area contributed by atoms with Gasteiger partial charge in [0, 0.05) is 17.5 Å². The lowest BCUT2D eigenvalue weighted by Crippen LogP contribution is -2.23. The fourth-order valence-electron chi connectivity index (χ4n) is 2.06. The Morgan fingerprint density at radius 2 is 1.84 bits per heavy atom. The van der Waals surface area contributed by atoms with Crippen LogP contribution in [0.15, 0.2) is 58.0 Å². The van der Waals surface area contributed by atoms with E-state index in [9.17, 15) is 22.0 Å². The summed E-state index contributed by atoms with van der Waals surface area (Å²) >= 11 is 1.10. The zero-order chi connectivity index (χ0) is 18.0. The van der Waals surface area contributed by atoms with Crippen molar-refractivity contribution in [2.24, 2.45) is 0 Å². The fraction of sp³-hybridized carbons (Fsp3) is 0.0625. The highest BCUT2D eigenvalue weighted by molar-refractivity contribution is 7.89. The summed E-state index contributed by atoms with van der Waals surface area (Å²) in [5.74, 6) is -2.09. The highest BCUT2D eigenvalue weighted by atomic mass is 32.2. The van der Waals surface area contributed by atoms with Crippen LogP contribution in [0.25, 0.3) is 0 Å². The molecule has 0 saturated heterocycles. The van der Waals surface area contributed by atoms with E-state index in [2.05, 4.69) is 4.72 Å². The van der Waals surface area contributed by atoms with Crippen molar-refractivity contribution in [3.63, 3.8) is 0 Å². The largest absolute Gasteiger partial charge is 0.461 e. The highest BCUT2D eigenvalue weighted by Gasteiger charge is 2.18. The average molecular weight is 383 g/mol. The molecule has 0 amide bonds. The number of hydrogen-bond donors (Lipinski definition) is 1. The topological polar surface area (TPSA) is 76.4 Å². The number of carbonyl (C=O) groups excluding carboxylic acids is 1. The molecule has 0 aliphatic carbocycles. The molecule has 0 aliphatic heterocycles. The third-order valence-corrected chi connectivity index (χ3v) is 5.68. The molecule has 5 nitrogen and oxygen atoms in total. The molecule has 0 aliphatic rings. The Morgan fingerprint density at radius 1 is 1.12 bits per heavy atom. The van der Waals surface area contributed by atoms with Crippen LogP contribution in [-0.2, 0) is 16.6 Å². The minimum Gasteiger partial charge on any atom is -0.461 e. The molecule has 2 heterocycles. The number of ketones is 1. The van der Waals surface area contributed by atoms with Crippen LogP contribution in [0.4, 0.5) is 8.78 Å². The lowest BCUT2D eigenvalue weighted by Gasteiger charge is -2.06. The standard InChI is InChI=1S/C16H11F2NO4S2/c17-10-6-11(18)8-13(7-10)25(21,22)19-9-12-3-4-15(24-12)16(20)14-2-1-5-23-14/h1-8,19H,9H2. The fourth-order valence-corrected chi connectivity index (χ4v) is 4.09. The quantitative estimate of drug-likeness (QED) is 0.663. The predicted octanol–water partition coefficient (Wildman–Crippen LogP) is 3.33. The van der Waals surface area contributed by atoms with Crippen molar-refractivity contribution in [1.82, 2.24) is 4.72 Å². The molecule has 0 saturated carbocycles. The van der Waals surface area contributed by atoms with Gasteiger partial charge in [0.25, 0.3) is 0 Å². The lowest BCUT2D eigenvalue weighted by molar-refractivity contribution is 0.101. The maximum atomic E-state index is 13.2. The molecule has 0 spiro atoms. The van der Waals surface area contributed by atoms with Crippen LogP contribution in [-0.4, -0.2) is 14.2 Å². The van der Waals surface area contributed by atoms with Gasteiger partial charge in [0.05, 0.1) is 16.0 Å². The van der Waals surface area contributed by atoms with E-state index in [1.54, 1.807) is 18.2 Å². The number of benzene rings is 1. The van der Waals surface area contributed by atoms with E-state index >= 15 is 0 Å². The summed E-state index contributed by atoms with van der Waals surface area (Å²) < 4.78 is 57.9. The van der Waals surface area contributed by atoms with E-state index in [0.717, 1.165) is 23.5 Å². The molecule has 0 radical (unpaired) electrons. The van der Waals surface area contributed by atoms with Crippen molar-refractivity contribution in [2.75, 3.05) is 0 Å². The van der Waals surface area contributed by atoms with E-state index in [0.29, 0.717) is 15.8 Å². The summed E-state index contributed by atoms with van der Waals surface area (Å²) in [4.78, 5) is 12.6. The first kappa shape index (κ1) is 17.5. The molecule has 1 aromatic carbocycles. The summed E-state index contributed by atoms with van der Waals surface area (Å²) in [5.41, 5.74) is 0. The lowest BCUT2D eigenvalue weighted by atomic mass is 10.2. The van der Waals surface area contributed by atoms with E-state index in [1.807, 2.05) is 0 Å². The van der Waals surface area contributed by atoms with E-state index < -0.39 is 26.6 Å². The second-order valence-electron chi connectivity index (χ2n) is 5.00. The van der Waals surface area contributed by atoms with Gasteiger partial charge in [-0.2, -0.15) is 0 Å². The van der Waals surface area contributed by atoms with Crippen LogP contribution in [0.1, 0.15) is 20.3 Å². The average Bonchev–Trinajstić information content (AvgIpc) is 3.23. The SMILES string of the molecule is O=C(c1ccco1)c1ccc(CNS(=O)(=O)c2cc(F)cc(F)c2)s1. The molecular weight excluding hydrogens is 372 g/mol. The van der Waals surface area contributed by atoms with Crippen LogP contribution in [0.5, 0.6) is 0 Å². The van der Waals surface area contributed by atoms with Gasteiger partial charge in [-0.3, -0.25) is 4.79 Å². The molecule has 0 atom stereocenters. The molecule has 9 heteroatoms. The van der Waals surface area contributed by atoms with Gasteiger partial charge in [-0.1, -0.05) is 0 Å². The summed E-state index contributed by atoms with van der Waals surface area (Å²) in [6.45, 7) is -0.115. The number of rotatable bonds is 6. The third-order valence-electron chi connectivity index (χ3n) is 3.21. The van der Waals surface area contributed by atoms with Crippen molar-refractivity contribution in [3.05, 3.63) is 75.9 Å². The molecule has 25 heavy (non-hydrogen) atoms. The number of nitrogens with one attached hydrogen (secondary N) is 1. The molecule has 2 aromatic heterocycles. The van der Waals surface area contributed by atoms with Gasteiger partial charge < -0.3 is 4.42 Å². The van der Waals surface area contributed by atoms with Crippen molar-refractivity contribution in [1.29, 1.82) is 0 Å². The molecule has 0 bridgehead atoms. The molecule has 0 unspecified atom stereocenters. The minimum atomic E-state index is -4.08. The van der Waals surface area contributed by atoms with E-state index in [4.69, 9.17) is 4.42 Å². The van der Waals surface area contributed by atoms with Gasteiger partial charge in [0.1, 0.15) is 11.6 Å². The Morgan fingerprint density at radius 3 is 2.48 bits per heavy atom. The third kappa shape index (κ3) is 4.01. The van der Waals surface area contributed by atoms with Crippen LogP contribution in [0.3, 0.4) is 0 Å². The molecule has 1 N–H and O–H groups in total. The normalized spacial score (nSPS) is 11.6. The van der Waals surface area contributed by atoms with Gasteiger partial charge in [-0.25, -0.2) is 21.9 Å². The number of furan rings is 1. The number of hydrogen-bond acceptors (Lipinski definition) is 5. The number of sulfonamides is 1. The van der Waals surface area contributed by atoms with Crippen molar-refractivity contribution in [2.45, 2.75) is 11.4 Å². The number of thiophene rings is 1. The molecule has 3 aromatic rings. The summed E-state index contributed by atoms with van der Waals surface area (Å²) in [6.07, 6.45) is 1.38. The van der Waals surface area contributed by atoms with Gasteiger partial charge in [0.15, 0.2) is 5.76 Å². The summed E-state index contributed by atoms with van der Waals surface area (Å²) in [7, 11) is -4.08. The molecular formula is C16H11F2NO4S2. The predicted molar refractivity (Wildman–Crippen MR) is 86.8 cm³/mol. The van der Waals surface area contributed by atoms with Crippen LogP contribution in [0, 0.1) is 11.6 Å². The summed E-state index contributed by atoms with van der Waals surface area (Å²) in [6, 6.07) is 8.32. The van der Waals surface area contributed by atoms with Crippen molar-refractivity contribution >= 4 is 27.1 Å². The Balaban J connectivity index is 1.72. The number of carbonyl (C=O) groups is 1. The van der Waals surface area contributed by atoms with Crippen molar-refractivity contribution in [3.8, 4) is 0 Å². The maximum absolute atomic E-state index is 13.2. The molecule has 0 fully saturated rings. The van der Waals surface area contributed by atoms with Gasteiger partial charge in [-0.15, -0.1) is 11.3 Å². The van der Waals surface area contributed by atoms with Crippen LogP contribution in [0.2, 0.25) is 0 Å². The van der Waals surface area contributed by atoms with Gasteiger partial charge in [-0.05, 0) is 36.4 Å². The Kier molecular flexibility index (Phi) is 4.80. The van der Waals surface area contributed by atoms with Gasteiger partial charge in [0.2, 0.25) is 15.8 Å². The van der Waals surface area contributed by atoms with E-state index in [1.165, 1.54) is 12.3 Å². The smallest absolute Gasteiger partial charge is 0.241 e. The summed E-state index contributed by atoms with van der Waals surface area (Å²) in [5, 5.41) is 0. The molecule has 3 rings (SSSR count). The zero-order valence-electron chi connectivity index (χ0n) is 12.5. The maximum Gasteiger partial charge on any atom is 0.241 e. The van der Waals surface area contributed by atoms with Crippen LogP contribution >= 0.6 is 11.3 Å². The zero-order valence-corrected chi connectivity index (χ0v) is 14.2. The van der Waals surface area contributed by atoms with Crippen molar-refractivity contribution < 1.29 is 26.4 Å². The second kappa shape index (κ2) is 6.87. The highest BCUT2D eigenvalue weighted by Crippen LogP contribution is 2.21. The Bertz CT molecular complexity index is 990. The Hall–Kier alpha value is -2.36. The van der Waals surface area contributed by atoms with Gasteiger partial charge >= 0.3 is 0 Å². The first-order valence-electron chi connectivity index (χ1n) is 6.98. The monoisotopic (exact) mass is 383 g/mol. The van der Waals surface area contributed by atoms with Crippen LogP contribution < -0.4 is 4.72 Å². The number of halogens is 2. The minimum absolute atomic E-state index is 0.115. The first-order chi connectivity index (χ1) is 11.8. The Labute approximate surface area is 146 Å². The van der Waals surface area contributed by atoms with E-state index in [-0.39, 0.29) is 18.1 Å². The first-order valence-corrected chi connectivity index (χ1v) is 9.28. The second-order valence-corrected chi connectivity index (χ2v) is 7.94.